The van der Waals surface area contributed by atoms with Crippen LogP contribution in [0, 0.1) is 21.6 Å². The Hall–Kier alpha value is -12.7. The van der Waals surface area contributed by atoms with Gasteiger partial charge in [-0.15, -0.1) is 0 Å². The van der Waals surface area contributed by atoms with Crippen molar-refractivity contribution in [3.05, 3.63) is 144 Å². The summed E-state index contributed by atoms with van der Waals surface area (Å²) in [6.45, 7) is 0.538. The average molecular weight is 1510 g/mol. The van der Waals surface area contributed by atoms with E-state index in [1.165, 1.54) is 0 Å². The summed E-state index contributed by atoms with van der Waals surface area (Å²) in [5.74, 6) is -8.90. The summed E-state index contributed by atoms with van der Waals surface area (Å²) in [4.78, 5) is 145. The number of fused-ring (bicyclic) bond motifs is 4. The van der Waals surface area contributed by atoms with E-state index < -0.39 is 108 Å². The molecule has 0 aliphatic rings. The topological polar surface area (TPSA) is 639 Å². The monoisotopic (exact) mass is 1510 g/mol. The van der Waals surface area contributed by atoms with Gasteiger partial charge in [0.25, 0.3) is 0 Å². The molecular formula is C74H103N27O9. The van der Waals surface area contributed by atoms with Crippen LogP contribution in [0.2, 0.25) is 0 Å². The van der Waals surface area contributed by atoms with E-state index in [4.69, 9.17) is 61.8 Å². The highest BCUT2D eigenvalue weighted by Gasteiger charge is 2.37. The van der Waals surface area contributed by atoms with Gasteiger partial charge < -0.3 is 124 Å². The van der Waals surface area contributed by atoms with E-state index in [-0.39, 0.29) is 146 Å². The molecule has 0 aliphatic carbocycles. The molecule has 0 radical (unpaired) electrons. The van der Waals surface area contributed by atoms with Gasteiger partial charge in [0, 0.05) is 114 Å². The molecule has 0 saturated heterocycles. The van der Waals surface area contributed by atoms with E-state index in [2.05, 4.69) is 83.7 Å². The summed E-state index contributed by atoms with van der Waals surface area (Å²) in [6.07, 6.45) is 7.49. The maximum absolute atomic E-state index is 15.6. The second kappa shape index (κ2) is 41.4. The van der Waals surface area contributed by atoms with Gasteiger partial charge in [0.15, 0.2) is 23.8 Å². The molecule has 0 saturated carbocycles. The molecule has 9 amide bonds. The number of H-pyrrole nitrogens is 4. The van der Waals surface area contributed by atoms with Gasteiger partial charge in [-0.25, -0.2) is 0 Å². The summed E-state index contributed by atoms with van der Waals surface area (Å²) >= 11 is 0. The van der Waals surface area contributed by atoms with Crippen LogP contribution in [0.4, 0.5) is 0 Å². The SMILES string of the molecule is N=C(N)NCCC[C@H](NC(=O)[C@H](CCCNC(=N)N)NC(=O)[C@H](CCCNC(=N)N)NC(=O)[C@H](CCCNC(=N)N)NC(=O)[C@H](CCCCN)NC(=O)[C@H](Cc1c[nH]c2ccccc12)NC(=O)[C@H](Cc1c[nH]c2ccccc12)NC(=O)[C@H](Cc1c[nH]c2ccccc12)NC(=O)[C@@H](N)Cc1c[nH]c2ccccc12)C(N)=O. The van der Waals surface area contributed by atoms with Crippen LogP contribution >= 0.6 is 0 Å². The minimum absolute atomic E-state index is 0.0178. The Morgan fingerprint density at radius 2 is 0.545 bits per heavy atom. The molecule has 36 heteroatoms. The first-order valence-electron chi connectivity index (χ1n) is 36.6. The molecule has 34 N–H and O–H groups in total. The highest BCUT2D eigenvalue weighted by molar-refractivity contribution is 6.00. The number of benzene rings is 4. The van der Waals surface area contributed by atoms with Gasteiger partial charge >= 0.3 is 0 Å². The van der Waals surface area contributed by atoms with Gasteiger partial charge in [0.05, 0.1) is 6.04 Å². The first-order valence-corrected chi connectivity index (χ1v) is 36.6. The van der Waals surface area contributed by atoms with Crippen molar-refractivity contribution in [2.24, 2.45) is 40.1 Å². The quantitative estimate of drug-likeness (QED) is 0.0121. The Morgan fingerprint density at radius 1 is 0.309 bits per heavy atom. The Balaban J connectivity index is 1.09. The minimum Gasteiger partial charge on any atom is -0.370 e. The first-order chi connectivity index (χ1) is 52.8. The Bertz CT molecular complexity index is 4530. The number of hydrogen-bond donors (Lipinski definition) is 27. The number of para-hydroxylation sites is 4. The number of nitrogens with two attached hydrogens (primary N) is 7. The second-order valence-electron chi connectivity index (χ2n) is 27.0. The molecule has 4 aromatic heterocycles. The van der Waals surface area contributed by atoms with Crippen molar-refractivity contribution < 1.29 is 43.2 Å². The van der Waals surface area contributed by atoms with Crippen LogP contribution in [-0.4, -0.2) is 184 Å². The third-order valence-electron chi connectivity index (χ3n) is 18.7. The molecule has 36 nitrogen and oxygen atoms in total. The lowest BCUT2D eigenvalue weighted by atomic mass is 9.99. The second-order valence-corrected chi connectivity index (χ2v) is 27.0. The van der Waals surface area contributed by atoms with Crippen molar-refractivity contribution in [2.45, 2.75) is 151 Å². The molecule has 0 bridgehead atoms. The molecule has 588 valence electrons. The molecule has 4 heterocycles. The number of carbonyl (C=O) groups is 9. The lowest BCUT2D eigenvalue weighted by molar-refractivity contribution is -0.136. The highest BCUT2D eigenvalue weighted by Crippen LogP contribution is 2.25. The molecule has 0 fully saturated rings. The number of amides is 9. The van der Waals surface area contributed by atoms with Gasteiger partial charge in [-0.2, -0.15) is 0 Å². The van der Waals surface area contributed by atoms with Crippen molar-refractivity contribution in [1.29, 1.82) is 21.6 Å². The van der Waals surface area contributed by atoms with E-state index in [1.54, 1.807) is 30.9 Å². The zero-order valence-electron chi connectivity index (χ0n) is 61.1. The Morgan fingerprint density at radius 3 is 0.827 bits per heavy atom. The van der Waals surface area contributed by atoms with E-state index in [1.807, 2.05) is 91.0 Å². The van der Waals surface area contributed by atoms with E-state index >= 15 is 19.2 Å². The summed E-state index contributed by atoms with van der Waals surface area (Å²) in [5.41, 5.74) is 46.2. The fourth-order valence-corrected chi connectivity index (χ4v) is 13.0. The summed E-state index contributed by atoms with van der Waals surface area (Å²) in [6, 6.07) is 17.3. The fraction of sp³-hybridized carbons (Fsp3) is 0.392. The van der Waals surface area contributed by atoms with Crippen LogP contribution in [0.5, 0.6) is 0 Å². The molecule has 8 aromatic rings. The van der Waals surface area contributed by atoms with Gasteiger partial charge in [0.1, 0.15) is 48.3 Å². The third kappa shape index (κ3) is 24.9. The molecule has 0 aliphatic heterocycles. The van der Waals surface area contributed by atoms with Crippen molar-refractivity contribution in [3.63, 3.8) is 0 Å². The number of nitrogens with one attached hydrogen (secondary N) is 20. The maximum Gasteiger partial charge on any atom is 0.243 e. The van der Waals surface area contributed by atoms with Crippen LogP contribution in [0.15, 0.2) is 122 Å². The van der Waals surface area contributed by atoms with Crippen LogP contribution in [0.25, 0.3) is 43.6 Å². The smallest absolute Gasteiger partial charge is 0.243 e. The molecule has 8 rings (SSSR count). The number of carbonyl (C=O) groups excluding carboxylic acids is 9. The zero-order valence-corrected chi connectivity index (χ0v) is 61.1. The van der Waals surface area contributed by atoms with Crippen LogP contribution in [0.3, 0.4) is 0 Å². The van der Waals surface area contributed by atoms with E-state index in [0.29, 0.717) is 34.0 Å². The van der Waals surface area contributed by atoms with Crippen molar-refractivity contribution in [3.8, 4) is 0 Å². The van der Waals surface area contributed by atoms with Gasteiger partial charge in [-0.3, -0.25) is 64.8 Å². The largest absolute Gasteiger partial charge is 0.370 e. The zero-order chi connectivity index (χ0) is 79.2. The molecule has 0 spiro atoms. The highest BCUT2D eigenvalue weighted by atomic mass is 16.2. The first kappa shape index (κ1) is 82.9. The number of unbranched alkanes of at least 4 members (excludes halogenated alkanes) is 1. The molecule has 110 heavy (non-hydrogen) atoms. The van der Waals surface area contributed by atoms with Gasteiger partial charge in [-0.05, 0) is 130 Å². The molecule has 0 unspecified atom stereocenters. The number of guanidine groups is 4. The summed E-state index contributed by atoms with van der Waals surface area (Å²) in [5, 5.41) is 66.7. The fourth-order valence-electron chi connectivity index (χ4n) is 13.0. The van der Waals surface area contributed by atoms with Crippen molar-refractivity contribution in [1.82, 2.24) is 83.7 Å². The standard InChI is InChI=1S/C74H103N27O9/c75-28-10-9-23-55(65(105)96-57(26-13-31-88-73(82)83)67(107)97-58(27-14-32-89-74(84)85)66(106)95-56(25-12-30-87-72(80)81)64(104)94-54(62(77)102)24-11-29-86-71(78)79)98-68(108)60(35-43-39-92-52-21-7-3-17-47(43)52)100-70(110)61(36-44-40-93-53-22-8-4-18-48(44)53)101-69(109)59(34-42-38-91-51-20-6-2-16-46(42)51)99-63(103)49(76)33-41-37-90-50-19-5-1-15-45(41)50/h1-8,15-22,37-40,49,54-61,90-93H,9-14,23-36,75-76H2,(H2,77,102)(H,94,104)(H,95,106)(H,96,105)(H,97,107)(H,98,108)(H,99,103)(H,100,110)(H,101,109)(H4,78,79,86)(H4,80,81,87)(H4,82,83,88)(H4,84,85,89)/t49-,54-,55-,56-,57-,58-,59-,60-,61-/m0/s1. The molecule has 9 atom stereocenters. The minimum atomic E-state index is -1.50. The maximum atomic E-state index is 15.6. The molecule has 4 aromatic carbocycles. The van der Waals surface area contributed by atoms with Crippen molar-refractivity contribution >= 4 is 121 Å². The summed E-state index contributed by atoms with van der Waals surface area (Å²) < 4.78 is 0. The number of primary amides is 1. The average Bonchev–Trinajstić information content (AvgIpc) is 1.65. The van der Waals surface area contributed by atoms with Gasteiger partial charge in [-0.1, -0.05) is 72.8 Å². The number of aromatic amines is 4. The Kier molecular flexibility index (Phi) is 31.2. The number of aromatic nitrogens is 4. The molecular weight excluding hydrogens is 1410 g/mol. The normalized spacial score (nSPS) is 13.7. The number of rotatable bonds is 45. The van der Waals surface area contributed by atoms with E-state index in [9.17, 15) is 24.0 Å². The van der Waals surface area contributed by atoms with Crippen molar-refractivity contribution in [2.75, 3.05) is 32.7 Å². The van der Waals surface area contributed by atoms with Gasteiger partial charge in [0.2, 0.25) is 53.2 Å². The predicted octanol–water partition coefficient (Wildman–Crippen LogP) is -1.24. The summed E-state index contributed by atoms with van der Waals surface area (Å²) in [7, 11) is 0. The Labute approximate surface area is 634 Å². The van der Waals surface area contributed by atoms with Crippen LogP contribution in [-0.2, 0) is 68.8 Å². The lowest BCUT2D eigenvalue weighted by Crippen LogP contribution is -2.61. The third-order valence-corrected chi connectivity index (χ3v) is 18.7. The number of hydrogen-bond acceptors (Lipinski definition) is 15. The van der Waals surface area contributed by atoms with E-state index in [0.717, 1.165) is 38.3 Å². The predicted molar refractivity (Wildman–Crippen MR) is 420 cm³/mol. The lowest BCUT2D eigenvalue weighted by Gasteiger charge is -2.28. The van der Waals surface area contributed by atoms with Crippen LogP contribution in [0.1, 0.15) is 92.9 Å². The van der Waals surface area contributed by atoms with Crippen LogP contribution < -0.4 is 104 Å².